The first-order valence-electron chi connectivity index (χ1n) is 10.3. The van der Waals surface area contributed by atoms with Crippen molar-refractivity contribution in [3.8, 4) is 33.7 Å². The number of nitrogens with zero attached hydrogens (tertiary/aromatic N) is 2. The number of carbonyl (C=O) groups excluding carboxylic acids is 1. The molecular weight excluding hydrogens is 434 g/mol. The maximum atomic E-state index is 12.8. The standard InChI is InChI=1S/C27H18ClN3O2/c28-24-16-15-22(25(32)29-27-31-30-26(33-27)21-9-5-2-6-10-21)17-23(24)20-13-11-19(12-14-20)18-7-3-1-4-8-18/h1-17H,(H,29,31,32). The number of amides is 1. The number of nitrogens with one attached hydrogen (secondary N) is 1. The zero-order chi connectivity index (χ0) is 22.6. The molecule has 0 bridgehead atoms. The smallest absolute Gasteiger partial charge is 0.322 e. The van der Waals surface area contributed by atoms with Gasteiger partial charge in [-0.15, -0.1) is 5.10 Å². The van der Waals surface area contributed by atoms with Gasteiger partial charge in [0, 0.05) is 21.7 Å². The molecule has 33 heavy (non-hydrogen) atoms. The summed E-state index contributed by atoms with van der Waals surface area (Å²) in [5.41, 5.74) is 5.13. The van der Waals surface area contributed by atoms with Crippen LogP contribution in [0.25, 0.3) is 33.7 Å². The Balaban J connectivity index is 1.36. The van der Waals surface area contributed by atoms with E-state index < -0.39 is 0 Å². The van der Waals surface area contributed by atoms with Crippen molar-refractivity contribution in [2.75, 3.05) is 5.32 Å². The Morgan fingerprint density at radius 3 is 2.00 bits per heavy atom. The number of hydrogen-bond acceptors (Lipinski definition) is 4. The first-order chi connectivity index (χ1) is 16.2. The molecule has 6 heteroatoms. The van der Waals surface area contributed by atoms with Crippen molar-refractivity contribution in [3.05, 3.63) is 114 Å². The van der Waals surface area contributed by atoms with Gasteiger partial charge >= 0.3 is 6.01 Å². The third-order valence-corrected chi connectivity index (χ3v) is 5.53. The first kappa shape index (κ1) is 20.7. The Kier molecular flexibility index (Phi) is 5.70. The van der Waals surface area contributed by atoms with Gasteiger partial charge < -0.3 is 4.42 Å². The second kappa shape index (κ2) is 9.10. The van der Waals surface area contributed by atoms with Crippen molar-refractivity contribution in [1.29, 1.82) is 0 Å². The Labute approximate surface area is 195 Å². The second-order valence-corrected chi connectivity index (χ2v) is 7.78. The molecule has 1 amide bonds. The van der Waals surface area contributed by atoms with Gasteiger partial charge in [-0.2, -0.15) is 0 Å². The van der Waals surface area contributed by atoms with E-state index in [9.17, 15) is 4.79 Å². The Hall–Kier alpha value is -4.22. The molecule has 1 aromatic heterocycles. The highest BCUT2D eigenvalue weighted by atomic mass is 35.5. The molecule has 5 nitrogen and oxygen atoms in total. The van der Waals surface area contributed by atoms with Crippen LogP contribution in [0.5, 0.6) is 0 Å². The van der Waals surface area contributed by atoms with E-state index in [0.717, 1.165) is 27.8 Å². The lowest BCUT2D eigenvalue weighted by molar-refractivity contribution is 0.102. The fraction of sp³-hybridized carbons (Fsp3) is 0. The number of benzene rings is 4. The van der Waals surface area contributed by atoms with E-state index >= 15 is 0 Å². The van der Waals surface area contributed by atoms with E-state index in [1.165, 1.54) is 0 Å². The summed E-state index contributed by atoms with van der Waals surface area (Å²) < 4.78 is 5.58. The quantitative estimate of drug-likeness (QED) is 0.313. The highest BCUT2D eigenvalue weighted by molar-refractivity contribution is 6.33. The van der Waals surface area contributed by atoms with Gasteiger partial charge in [-0.1, -0.05) is 89.5 Å². The molecule has 0 saturated heterocycles. The van der Waals surface area contributed by atoms with Gasteiger partial charge in [0.25, 0.3) is 5.91 Å². The molecular formula is C27H18ClN3O2. The zero-order valence-corrected chi connectivity index (χ0v) is 18.2. The van der Waals surface area contributed by atoms with Crippen LogP contribution in [-0.2, 0) is 0 Å². The summed E-state index contributed by atoms with van der Waals surface area (Å²) in [6.07, 6.45) is 0. The van der Waals surface area contributed by atoms with Crippen LogP contribution in [0.2, 0.25) is 5.02 Å². The average Bonchev–Trinajstić information content (AvgIpc) is 3.34. The van der Waals surface area contributed by atoms with Crippen molar-refractivity contribution in [1.82, 2.24) is 10.2 Å². The van der Waals surface area contributed by atoms with E-state index in [-0.39, 0.29) is 11.9 Å². The number of hydrogen-bond donors (Lipinski definition) is 1. The number of rotatable bonds is 5. The lowest BCUT2D eigenvalue weighted by atomic mass is 9.99. The molecule has 0 aliphatic rings. The zero-order valence-electron chi connectivity index (χ0n) is 17.4. The largest absolute Gasteiger partial charge is 0.403 e. The molecule has 5 rings (SSSR count). The predicted octanol–water partition coefficient (Wildman–Crippen LogP) is 6.98. The van der Waals surface area contributed by atoms with Crippen LogP contribution in [0.1, 0.15) is 10.4 Å². The fourth-order valence-electron chi connectivity index (χ4n) is 3.50. The van der Waals surface area contributed by atoms with Crippen LogP contribution in [0.3, 0.4) is 0 Å². The number of aromatic nitrogens is 2. The Morgan fingerprint density at radius 2 is 1.30 bits per heavy atom. The van der Waals surface area contributed by atoms with E-state index in [0.29, 0.717) is 16.5 Å². The average molecular weight is 452 g/mol. The third-order valence-electron chi connectivity index (χ3n) is 5.20. The summed E-state index contributed by atoms with van der Waals surface area (Å²) in [4.78, 5) is 12.8. The number of anilines is 1. The summed E-state index contributed by atoms with van der Waals surface area (Å²) in [7, 11) is 0. The normalized spacial score (nSPS) is 10.7. The molecule has 1 heterocycles. The molecule has 0 aliphatic carbocycles. The molecule has 0 radical (unpaired) electrons. The molecule has 0 spiro atoms. The molecule has 0 aliphatic heterocycles. The summed E-state index contributed by atoms with van der Waals surface area (Å²) in [5, 5.41) is 11.1. The molecule has 5 aromatic rings. The topological polar surface area (TPSA) is 68.0 Å². The molecule has 160 valence electrons. The number of halogens is 1. The fourth-order valence-corrected chi connectivity index (χ4v) is 3.73. The summed E-state index contributed by atoms with van der Waals surface area (Å²) in [6, 6.07) is 32.7. The highest BCUT2D eigenvalue weighted by Gasteiger charge is 2.15. The van der Waals surface area contributed by atoms with Crippen molar-refractivity contribution >= 4 is 23.5 Å². The predicted molar refractivity (Wildman–Crippen MR) is 130 cm³/mol. The lowest BCUT2D eigenvalue weighted by Gasteiger charge is -2.09. The highest BCUT2D eigenvalue weighted by Crippen LogP contribution is 2.31. The molecule has 0 saturated carbocycles. The van der Waals surface area contributed by atoms with Crippen molar-refractivity contribution < 1.29 is 9.21 Å². The van der Waals surface area contributed by atoms with Gasteiger partial charge in [0.1, 0.15) is 0 Å². The van der Waals surface area contributed by atoms with Crippen LogP contribution in [0.15, 0.2) is 108 Å². The van der Waals surface area contributed by atoms with Gasteiger partial charge in [0.05, 0.1) is 0 Å². The van der Waals surface area contributed by atoms with Crippen LogP contribution in [-0.4, -0.2) is 16.1 Å². The summed E-state index contributed by atoms with van der Waals surface area (Å²) >= 11 is 6.45. The van der Waals surface area contributed by atoms with E-state index in [4.69, 9.17) is 16.0 Å². The van der Waals surface area contributed by atoms with Gasteiger partial charge in [-0.3, -0.25) is 10.1 Å². The second-order valence-electron chi connectivity index (χ2n) is 7.37. The first-order valence-corrected chi connectivity index (χ1v) is 10.7. The molecule has 0 unspecified atom stereocenters. The van der Waals surface area contributed by atoms with Crippen LogP contribution in [0, 0.1) is 0 Å². The maximum absolute atomic E-state index is 12.8. The molecule has 0 fully saturated rings. The summed E-state index contributed by atoms with van der Waals surface area (Å²) in [6.45, 7) is 0. The van der Waals surface area contributed by atoms with Crippen LogP contribution < -0.4 is 5.32 Å². The van der Waals surface area contributed by atoms with Gasteiger partial charge in [0.2, 0.25) is 5.89 Å². The van der Waals surface area contributed by atoms with Gasteiger partial charge in [0.15, 0.2) is 0 Å². The minimum atomic E-state index is -0.364. The van der Waals surface area contributed by atoms with Gasteiger partial charge in [-0.05, 0) is 47.0 Å². The SMILES string of the molecule is O=C(Nc1nnc(-c2ccccc2)o1)c1ccc(Cl)c(-c2ccc(-c3ccccc3)cc2)c1. The molecule has 0 atom stereocenters. The van der Waals surface area contributed by atoms with Gasteiger partial charge in [-0.25, -0.2) is 0 Å². The van der Waals surface area contributed by atoms with E-state index in [2.05, 4.69) is 27.6 Å². The van der Waals surface area contributed by atoms with Crippen LogP contribution in [0.4, 0.5) is 6.01 Å². The molecule has 4 aromatic carbocycles. The van der Waals surface area contributed by atoms with Crippen molar-refractivity contribution in [2.24, 2.45) is 0 Å². The molecule has 1 N–H and O–H groups in total. The van der Waals surface area contributed by atoms with Crippen molar-refractivity contribution in [3.63, 3.8) is 0 Å². The Morgan fingerprint density at radius 1 is 0.697 bits per heavy atom. The van der Waals surface area contributed by atoms with E-state index in [1.54, 1.807) is 18.2 Å². The lowest BCUT2D eigenvalue weighted by Crippen LogP contribution is -2.12. The summed E-state index contributed by atoms with van der Waals surface area (Å²) in [5.74, 6) is -0.0294. The Bertz CT molecular complexity index is 1400. The maximum Gasteiger partial charge on any atom is 0.322 e. The third kappa shape index (κ3) is 4.54. The monoisotopic (exact) mass is 451 g/mol. The van der Waals surface area contributed by atoms with E-state index in [1.807, 2.05) is 72.8 Å². The number of carbonyl (C=O) groups is 1. The van der Waals surface area contributed by atoms with Crippen molar-refractivity contribution in [2.45, 2.75) is 0 Å². The minimum absolute atomic E-state index is 0.0302. The minimum Gasteiger partial charge on any atom is -0.403 e. The van der Waals surface area contributed by atoms with Crippen LogP contribution >= 0.6 is 11.6 Å².